The van der Waals surface area contributed by atoms with Gasteiger partial charge in [0.05, 0.1) is 17.1 Å². The monoisotopic (exact) mass is 452 g/mol. The van der Waals surface area contributed by atoms with Gasteiger partial charge in [0.1, 0.15) is 0 Å². The van der Waals surface area contributed by atoms with Crippen molar-refractivity contribution in [1.82, 2.24) is 9.62 Å². The van der Waals surface area contributed by atoms with Gasteiger partial charge in [-0.05, 0) is 56.4 Å². The van der Waals surface area contributed by atoms with Gasteiger partial charge in [-0.3, -0.25) is 4.79 Å². The smallest absolute Gasteiger partial charge is 0.338 e. The molecule has 1 fully saturated rings. The number of unbranched alkanes of at least 4 members (excludes halogenated alkanes) is 1. The lowest BCUT2D eigenvalue weighted by Gasteiger charge is -2.31. The van der Waals surface area contributed by atoms with E-state index in [1.807, 2.05) is 0 Å². The lowest BCUT2D eigenvalue weighted by atomic mass is 9.95. The minimum absolute atomic E-state index is 0.0331. The van der Waals surface area contributed by atoms with E-state index in [0.29, 0.717) is 44.0 Å². The van der Waals surface area contributed by atoms with Crippen LogP contribution in [0.15, 0.2) is 29.2 Å². The summed E-state index contributed by atoms with van der Waals surface area (Å²) >= 11 is 0. The molecule has 31 heavy (non-hydrogen) atoms. The van der Waals surface area contributed by atoms with Gasteiger partial charge in [0, 0.05) is 25.6 Å². The fourth-order valence-electron chi connectivity index (χ4n) is 3.82. The maximum Gasteiger partial charge on any atom is 0.338 e. The molecule has 1 heterocycles. The number of rotatable bonds is 11. The van der Waals surface area contributed by atoms with Crippen LogP contribution in [0.4, 0.5) is 0 Å². The quantitative estimate of drug-likeness (QED) is 0.518. The average molecular weight is 453 g/mol. The van der Waals surface area contributed by atoms with Gasteiger partial charge in [0.2, 0.25) is 15.9 Å². The van der Waals surface area contributed by atoms with E-state index < -0.39 is 16.0 Å². The van der Waals surface area contributed by atoms with Gasteiger partial charge in [-0.15, -0.1) is 0 Å². The van der Waals surface area contributed by atoms with Crippen molar-refractivity contribution in [3.05, 3.63) is 29.8 Å². The fourth-order valence-corrected chi connectivity index (χ4v) is 5.29. The van der Waals surface area contributed by atoms with Crippen LogP contribution in [0, 0.1) is 11.8 Å². The van der Waals surface area contributed by atoms with E-state index in [1.165, 1.54) is 35.0 Å². The molecule has 1 unspecified atom stereocenters. The number of hydrogen-bond donors (Lipinski definition) is 1. The van der Waals surface area contributed by atoms with E-state index in [9.17, 15) is 18.0 Å². The summed E-state index contributed by atoms with van der Waals surface area (Å²) in [6.45, 7) is 7.62. The Hall–Kier alpha value is -1.93. The molecule has 1 aromatic carbocycles. The molecule has 0 spiro atoms. The van der Waals surface area contributed by atoms with Crippen LogP contribution in [-0.4, -0.2) is 50.8 Å². The first-order valence-corrected chi connectivity index (χ1v) is 12.8. The Balaban J connectivity index is 1.89. The first kappa shape index (κ1) is 25.3. The van der Waals surface area contributed by atoms with Crippen LogP contribution in [0.25, 0.3) is 0 Å². The van der Waals surface area contributed by atoms with Gasteiger partial charge >= 0.3 is 5.97 Å². The molecular formula is C23H36N2O5S. The Bertz CT molecular complexity index is 815. The van der Waals surface area contributed by atoms with Gasteiger partial charge in [0.15, 0.2) is 0 Å². The highest BCUT2D eigenvalue weighted by Crippen LogP contribution is 2.24. The summed E-state index contributed by atoms with van der Waals surface area (Å²) in [6, 6.07) is 5.80. The predicted octanol–water partition coefficient (Wildman–Crippen LogP) is 3.60. The zero-order valence-corrected chi connectivity index (χ0v) is 19.7. The van der Waals surface area contributed by atoms with Crippen molar-refractivity contribution in [2.45, 2.75) is 64.2 Å². The number of carbonyl (C=O) groups is 2. The van der Waals surface area contributed by atoms with Crippen molar-refractivity contribution in [1.29, 1.82) is 0 Å². The molecule has 7 nitrogen and oxygen atoms in total. The Kier molecular flexibility index (Phi) is 9.96. The number of nitrogens with zero attached hydrogens (tertiary/aromatic N) is 1. The molecule has 0 bridgehead atoms. The Morgan fingerprint density at radius 1 is 1.13 bits per heavy atom. The molecule has 8 heteroatoms. The largest absolute Gasteiger partial charge is 0.462 e. The summed E-state index contributed by atoms with van der Waals surface area (Å²) < 4.78 is 32.2. The van der Waals surface area contributed by atoms with Crippen molar-refractivity contribution >= 4 is 21.9 Å². The third-order valence-electron chi connectivity index (χ3n) is 5.94. The first-order chi connectivity index (χ1) is 14.8. The predicted molar refractivity (Wildman–Crippen MR) is 120 cm³/mol. The molecule has 1 aliphatic heterocycles. The summed E-state index contributed by atoms with van der Waals surface area (Å²) in [7, 11) is -3.66. The van der Waals surface area contributed by atoms with E-state index in [1.54, 1.807) is 6.92 Å². The third kappa shape index (κ3) is 7.04. The Morgan fingerprint density at radius 2 is 1.77 bits per heavy atom. The Labute approximate surface area is 186 Å². The molecule has 0 aromatic heterocycles. The number of ether oxygens (including phenoxy) is 1. The number of benzene rings is 1. The second kappa shape index (κ2) is 12.2. The number of piperidine rings is 1. The van der Waals surface area contributed by atoms with Crippen molar-refractivity contribution < 1.29 is 22.7 Å². The highest BCUT2D eigenvalue weighted by molar-refractivity contribution is 7.89. The number of amides is 1. The fraction of sp³-hybridized carbons (Fsp3) is 0.652. The molecule has 1 aromatic rings. The van der Waals surface area contributed by atoms with Crippen molar-refractivity contribution in [3.8, 4) is 0 Å². The van der Waals surface area contributed by atoms with Crippen LogP contribution in [-0.2, 0) is 19.6 Å². The number of nitrogens with one attached hydrogen (secondary N) is 1. The number of esters is 1. The molecule has 0 radical (unpaired) electrons. The maximum absolute atomic E-state index is 12.9. The van der Waals surface area contributed by atoms with Crippen LogP contribution >= 0.6 is 0 Å². The SMILES string of the molecule is CCCCC(CC)CNC(=O)C1CCN(S(=O)(=O)c2ccc(C(=O)OCC)cc2)CC1. The van der Waals surface area contributed by atoms with Crippen molar-refractivity contribution in [2.75, 3.05) is 26.2 Å². The summed E-state index contributed by atoms with van der Waals surface area (Å²) in [6.07, 6.45) is 5.52. The summed E-state index contributed by atoms with van der Waals surface area (Å²) in [4.78, 5) is 24.4. The molecule has 1 N–H and O–H groups in total. The van der Waals surface area contributed by atoms with E-state index in [0.717, 1.165) is 19.3 Å². The average Bonchev–Trinajstić information content (AvgIpc) is 2.79. The van der Waals surface area contributed by atoms with Crippen LogP contribution in [0.2, 0.25) is 0 Å². The summed E-state index contributed by atoms with van der Waals surface area (Å²) in [5, 5.41) is 3.07. The summed E-state index contributed by atoms with van der Waals surface area (Å²) in [5.74, 6) is -0.0904. The van der Waals surface area contributed by atoms with Crippen LogP contribution in [0.1, 0.15) is 69.7 Å². The minimum atomic E-state index is -3.66. The topological polar surface area (TPSA) is 92.8 Å². The number of sulfonamides is 1. The lowest BCUT2D eigenvalue weighted by Crippen LogP contribution is -2.43. The zero-order chi connectivity index (χ0) is 22.9. The van der Waals surface area contributed by atoms with Crippen LogP contribution in [0.3, 0.4) is 0 Å². The summed E-state index contributed by atoms with van der Waals surface area (Å²) in [5.41, 5.74) is 0.320. The van der Waals surface area contributed by atoms with Crippen molar-refractivity contribution in [2.24, 2.45) is 11.8 Å². The highest BCUT2D eigenvalue weighted by Gasteiger charge is 2.32. The van der Waals surface area contributed by atoms with E-state index >= 15 is 0 Å². The highest BCUT2D eigenvalue weighted by atomic mass is 32.2. The maximum atomic E-state index is 12.9. The van der Waals surface area contributed by atoms with E-state index in [2.05, 4.69) is 19.2 Å². The standard InChI is InChI=1S/C23H36N2O5S/c1-4-7-8-18(5-2)17-24-22(26)19-13-15-25(16-14-19)31(28,29)21-11-9-20(10-12-21)23(27)30-6-3/h9-12,18-19H,4-8,13-17H2,1-3H3,(H,24,26). The molecule has 174 valence electrons. The molecule has 0 saturated carbocycles. The number of carbonyl (C=O) groups excluding carboxylic acids is 2. The minimum Gasteiger partial charge on any atom is -0.462 e. The second-order valence-corrected chi connectivity index (χ2v) is 10.0. The van der Waals surface area contributed by atoms with E-state index in [4.69, 9.17) is 4.74 Å². The number of hydrogen-bond acceptors (Lipinski definition) is 5. The molecule has 1 amide bonds. The van der Waals surface area contributed by atoms with Gasteiger partial charge in [-0.1, -0.05) is 33.1 Å². The molecule has 1 atom stereocenters. The normalized spacial score (nSPS) is 16.6. The lowest BCUT2D eigenvalue weighted by molar-refractivity contribution is -0.126. The van der Waals surface area contributed by atoms with Gasteiger partial charge in [-0.2, -0.15) is 4.31 Å². The second-order valence-electron chi connectivity index (χ2n) is 8.08. The zero-order valence-electron chi connectivity index (χ0n) is 18.9. The van der Waals surface area contributed by atoms with Crippen molar-refractivity contribution in [3.63, 3.8) is 0 Å². The van der Waals surface area contributed by atoms with Crippen LogP contribution in [0.5, 0.6) is 0 Å². The molecule has 1 aliphatic rings. The third-order valence-corrected chi connectivity index (χ3v) is 7.85. The molecule has 0 aliphatic carbocycles. The van der Waals surface area contributed by atoms with Gasteiger partial charge < -0.3 is 10.1 Å². The first-order valence-electron chi connectivity index (χ1n) is 11.4. The molecule has 1 saturated heterocycles. The van der Waals surface area contributed by atoms with E-state index in [-0.39, 0.29) is 23.3 Å². The molecular weight excluding hydrogens is 416 g/mol. The molecule has 2 rings (SSSR count). The van der Waals surface area contributed by atoms with Gasteiger partial charge in [0.25, 0.3) is 0 Å². The van der Waals surface area contributed by atoms with Gasteiger partial charge in [-0.25, -0.2) is 13.2 Å². The van der Waals surface area contributed by atoms with Crippen LogP contribution < -0.4 is 5.32 Å². The Morgan fingerprint density at radius 3 is 2.32 bits per heavy atom.